The van der Waals surface area contributed by atoms with Crippen LogP contribution in [-0.4, -0.2) is 0 Å². The average Bonchev–Trinajstić information content (AvgIpc) is 3.63. The molecule has 0 spiro atoms. The molecule has 0 N–H and O–H groups in total. The lowest BCUT2D eigenvalue weighted by Gasteiger charge is -2.10. The largest absolute Gasteiger partial charge is 0.419 e. The fourth-order valence-corrected chi connectivity index (χ4v) is 7.30. The first kappa shape index (κ1) is 30.0. The van der Waals surface area contributed by atoms with E-state index in [1.807, 2.05) is 0 Å². The molecule has 230 valence electrons. The Morgan fingerprint density at radius 1 is 0.511 bits per heavy atom. The van der Waals surface area contributed by atoms with Crippen LogP contribution in [0.25, 0.3) is 64.0 Å². The van der Waals surface area contributed by atoms with Crippen molar-refractivity contribution in [1.29, 1.82) is 10.5 Å². The Bertz CT molecular complexity index is 2480. The smallest absolute Gasteiger partial charge is 0.206 e. The lowest BCUT2D eigenvalue weighted by molar-refractivity contribution is -0.140. The minimum absolute atomic E-state index is 0.0918. The molecule has 0 saturated heterocycles. The summed E-state index contributed by atoms with van der Waals surface area (Å²) in [6.07, 6.45) is -6.31. The van der Waals surface area contributed by atoms with Crippen LogP contribution in [0.5, 0.6) is 0 Å². The van der Waals surface area contributed by atoms with Gasteiger partial charge in [-0.25, -0.2) is 8.78 Å². The van der Waals surface area contributed by atoms with Crippen molar-refractivity contribution in [2.45, 2.75) is 12.4 Å². The molecule has 0 atom stereocenters. The van der Waals surface area contributed by atoms with E-state index in [-0.39, 0.29) is 21.8 Å². The molecule has 0 amide bonds. The zero-order chi connectivity index (χ0) is 33.4. The summed E-state index contributed by atoms with van der Waals surface area (Å²) < 4.78 is 110. The van der Waals surface area contributed by atoms with Crippen LogP contribution in [0.3, 0.4) is 0 Å². The van der Waals surface area contributed by atoms with Gasteiger partial charge in [-0.1, -0.05) is 36.4 Å². The van der Waals surface area contributed by atoms with Crippen LogP contribution in [0.4, 0.5) is 35.1 Å². The Balaban J connectivity index is 1.50. The SMILES string of the molecule is N#CN=c1c2cc(-c3ccc(F)c(C(F)(F)F)c3)ccc2c2c1sc1c(=NC#N)c3cc(-c4ccc(F)c(C(F)(F)F)c4)ccc3c12. The predicted octanol–water partition coefficient (Wildman–Crippen LogP) is 9.65. The van der Waals surface area contributed by atoms with E-state index in [4.69, 9.17) is 0 Å². The fraction of sp³-hybridized carbons (Fsp3) is 0.0588. The summed E-state index contributed by atoms with van der Waals surface area (Å²) >= 11 is 1.18. The molecule has 7 aromatic rings. The molecule has 7 rings (SSSR count). The van der Waals surface area contributed by atoms with E-state index < -0.39 is 35.1 Å². The Morgan fingerprint density at radius 3 is 1.23 bits per heavy atom. The van der Waals surface area contributed by atoms with Crippen LogP contribution in [0.1, 0.15) is 11.1 Å². The normalized spacial score (nSPS) is 13.3. The quantitative estimate of drug-likeness (QED) is 0.137. The molecule has 0 bridgehead atoms. The van der Waals surface area contributed by atoms with Crippen molar-refractivity contribution >= 4 is 53.1 Å². The van der Waals surface area contributed by atoms with Gasteiger partial charge in [0.1, 0.15) is 22.3 Å². The van der Waals surface area contributed by atoms with Gasteiger partial charge in [-0.15, -0.1) is 11.3 Å². The molecule has 0 radical (unpaired) electrons. The van der Waals surface area contributed by atoms with E-state index in [0.29, 0.717) is 65.0 Å². The maximum absolute atomic E-state index is 14.0. The van der Waals surface area contributed by atoms with Crippen molar-refractivity contribution in [3.05, 3.63) is 106 Å². The summed E-state index contributed by atoms with van der Waals surface area (Å²) in [7, 11) is 0. The molecule has 4 nitrogen and oxygen atoms in total. The molecule has 0 aliphatic carbocycles. The molecule has 0 aliphatic heterocycles. The molecule has 0 aliphatic rings. The van der Waals surface area contributed by atoms with Gasteiger partial charge in [-0.3, -0.25) is 0 Å². The number of benzene rings is 4. The Hall–Kier alpha value is -5.66. The van der Waals surface area contributed by atoms with E-state index in [1.165, 1.54) is 23.5 Å². The minimum atomic E-state index is -4.91. The van der Waals surface area contributed by atoms with Crippen LogP contribution in [0.2, 0.25) is 0 Å². The monoisotopic (exact) mass is 660 g/mol. The third-order valence-electron chi connectivity index (χ3n) is 7.96. The summed E-state index contributed by atoms with van der Waals surface area (Å²) in [6, 6.07) is 14.9. The number of nitriles is 2. The van der Waals surface area contributed by atoms with Gasteiger partial charge in [0, 0.05) is 21.5 Å². The fourth-order valence-electron chi connectivity index (χ4n) is 5.96. The number of alkyl halides is 6. The highest BCUT2D eigenvalue weighted by atomic mass is 32.1. The van der Waals surface area contributed by atoms with Crippen LogP contribution < -0.4 is 10.7 Å². The number of fused-ring (bicyclic) bond motifs is 7. The number of hydrogen-bond acceptors (Lipinski definition) is 5. The van der Waals surface area contributed by atoms with E-state index >= 15 is 0 Å². The average molecular weight is 661 g/mol. The second-order valence-corrected chi connectivity index (χ2v) is 11.6. The molecule has 0 saturated carbocycles. The van der Waals surface area contributed by atoms with Gasteiger partial charge in [0.2, 0.25) is 12.4 Å². The molecule has 6 aromatic carbocycles. The number of halogens is 8. The maximum Gasteiger partial charge on any atom is 0.419 e. The Morgan fingerprint density at radius 2 is 0.872 bits per heavy atom. The minimum Gasteiger partial charge on any atom is -0.206 e. The van der Waals surface area contributed by atoms with Gasteiger partial charge in [-0.05, 0) is 69.4 Å². The van der Waals surface area contributed by atoms with Crippen LogP contribution in [0.15, 0.2) is 82.8 Å². The van der Waals surface area contributed by atoms with Crippen LogP contribution in [0, 0.1) is 34.5 Å². The van der Waals surface area contributed by atoms with Crippen molar-refractivity contribution in [3.8, 4) is 34.6 Å². The van der Waals surface area contributed by atoms with Crippen LogP contribution >= 0.6 is 11.3 Å². The summed E-state index contributed by atoms with van der Waals surface area (Å²) in [5.41, 5.74) is -2.02. The number of nitrogens with zero attached hydrogens (tertiary/aromatic N) is 4. The summed E-state index contributed by atoms with van der Waals surface area (Å²) in [6.45, 7) is 0. The van der Waals surface area contributed by atoms with Gasteiger partial charge < -0.3 is 0 Å². The standard InChI is InChI=1S/C34H12F8N4S/c35-25-7-3-17(11-23(25)33(37,38)39)15-1-5-19-21(9-15)29(45-13-43)31-27(19)28-20-6-2-16(10-22(20)30(46-14-44)32(28)47-31)18-4-8-26(36)24(12-18)34(40,41)42/h1-12H. The van der Waals surface area contributed by atoms with Crippen molar-refractivity contribution in [2.75, 3.05) is 0 Å². The maximum atomic E-state index is 14.0. The Labute approximate surface area is 261 Å². The van der Waals surface area contributed by atoms with Gasteiger partial charge in [0.25, 0.3) is 0 Å². The summed E-state index contributed by atoms with van der Waals surface area (Å²) in [4.78, 5) is 8.01. The zero-order valence-corrected chi connectivity index (χ0v) is 24.0. The first-order valence-corrected chi connectivity index (χ1v) is 14.3. The first-order chi connectivity index (χ1) is 22.3. The van der Waals surface area contributed by atoms with Crippen molar-refractivity contribution in [2.24, 2.45) is 9.98 Å². The van der Waals surface area contributed by atoms with Gasteiger partial charge >= 0.3 is 12.4 Å². The molecule has 0 unspecified atom stereocenters. The van der Waals surface area contributed by atoms with Crippen molar-refractivity contribution in [3.63, 3.8) is 0 Å². The van der Waals surface area contributed by atoms with Crippen LogP contribution in [-0.2, 0) is 12.4 Å². The Kier molecular flexibility index (Phi) is 6.67. The topological polar surface area (TPSA) is 72.3 Å². The number of thiophene rings is 1. The molecule has 13 heteroatoms. The predicted molar refractivity (Wildman–Crippen MR) is 160 cm³/mol. The third-order valence-corrected chi connectivity index (χ3v) is 9.16. The molecule has 1 aromatic heterocycles. The van der Waals surface area contributed by atoms with E-state index in [1.54, 1.807) is 48.8 Å². The second-order valence-electron chi connectivity index (χ2n) is 10.5. The van der Waals surface area contributed by atoms with E-state index in [2.05, 4.69) is 9.98 Å². The molecule has 0 fully saturated rings. The highest BCUT2D eigenvalue weighted by Gasteiger charge is 2.35. The summed E-state index contributed by atoms with van der Waals surface area (Å²) in [5, 5.41) is 22.9. The van der Waals surface area contributed by atoms with Gasteiger partial charge in [0.15, 0.2) is 0 Å². The molecule has 47 heavy (non-hydrogen) atoms. The van der Waals surface area contributed by atoms with Gasteiger partial charge in [-0.2, -0.15) is 46.9 Å². The summed E-state index contributed by atoms with van der Waals surface area (Å²) in [5.74, 6) is -2.83. The molecular weight excluding hydrogens is 648 g/mol. The highest BCUT2D eigenvalue weighted by molar-refractivity contribution is 7.26. The van der Waals surface area contributed by atoms with E-state index in [9.17, 15) is 45.6 Å². The zero-order valence-electron chi connectivity index (χ0n) is 23.1. The lowest BCUT2D eigenvalue weighted by Crippen LogP contribution is -2.08. The third kappa shape index (κ3) is 4.70. The second kappa shape index (κ2) is 10.4. The van der Waals surface area contributed by atoms with Crippen molar-refractivity contribution < 1.29 is 35.1 Å². The molecule has 1 heterocycles. The highest BCUT2D eigenvalue weighted by Crippen LogP contribution is 2.43. The molecular formula is C34H12F8N4S. The van der Waals surface area contributed by atoms with Gasteiger partial charge in [0.05, 0.1) is 20.5 Å². The lowest BCUT2D eigenvalue weighted by atomic mass is 9.99. The van der Waals surface area contributed by atoms with Crippen molar-refractivity contribution in [1.82, 2.24) is 0 Å². The number of hydrogen-bond donors (Lipinski definition) is 0. The first-order valence-electron chi connectivity index (χ1n) is 13.5. The van der Waals surface area contributed by atoms with E-state index in [0.717, 1.165) is 12.1 Å². The number of rotatable bonds is 2.